The number of amides is 9. The van der Waals surface area contributed by atoms with Gasteiger partial charge in [-0.2, -0.15) is 0 Å². The van der Waals surface area contributed by atoms with Crippen LogP contribution in [0.4, 0.5) is 8.78 Å². The minimum Gasteiger partial charge on any atom is -0.610 e. The number of ketones is 2. The fourth-order valence-electron chi connectivity index (χ4n) is 15.6. The van der Waals surface area contributed by atoms with Gasteiger partial charge in [-0.3, -0.25) is 62.3 Å². The number of fused-ring (bicyclic) bond motifs is 10. The second-order valence-electron chi connectivity index (χ2n) is 27.5. The summed E-state index contributed by atoms with van der Waals surface area (Å²) in [6.45, 7) is 10.2. The molecular formula is C67H92F2N10O22S. The van der Waals surface area contributed by atoms with Crippen molar-refractivity contribution < 1.29 is 116 Å². The molecule has 1 saturated heterocycles. The number of aromatic hydroxyl groups is 1. The lowest BCUT2D eigenvalue weighted by molar-refractivity contribution is -0.231. The molecule has 4 fully saturated rings. The van der Waals surface area contributed by atoms with Gasteiger partial charge in [0.2, 0.25) is 64.0 Å². The van der Waals surface area contributed by atoms with E-state index in [1.54, 1.807) is 34.6 Å². The second-order valence-corrected chi connectivity index (χ2v) is 28.9. The number of allylic oxidation sites excluding steroid dienone is 4. The van der Waals surface area contributed by atoms with Crippen molar-refractivity contribution in [2.24, 2.45) is 46.2 Å². The second kappa shape index (κ2) is 32.9. The van der Waals surface area contributed by atoms with E-state index >= 15 is 8.78 Å². The van der Waals surface area contributed by atoms with Crippen molar-refractivity contribution in [2.45, 2.75) is 184 Å². The summed E-state index contributed by atoms with van der Waals surface area (Å²) < 4.78 is 58.0. The maximum Gasteiger partial charge on any atom is 0.303 e. The van der Waals surface area contributed by atoms with Crippen LogP contribution in [0.1, 0.15) is 106 Å². The van der Waals surface area contributed by atoms with E-state index in [0.717, 1.165) is 24.8 Å². The van der Waals surface area contributed by atoms with Gasteiger partial charge in [-0.25, -0.2) is 8.78 Å². The van der Waals surface area contributed by atoms with E-state index in [-0.39, 0.29) is 58.7 Å². The van der Waals surface area contributed by atoms with Gasteiger partial charge >= 0.3 is 11.9 Å². The Bertz CT molecular complexity index is 3670. The van der Waals surface area contributed by atoms with Gasteiger partial charge in [0.05, 0.1) is 49.9 Å². The highest BCUT2D eigenvalue weighted by molar-refractivity contribution is 7.91. The maximum atomic E-state index is 17.3. The Morgan fingerprint density at radius 2 is 1.48 bits per heavy atom. The number of aliphatic hydroxyl groups excluding tert-OH is 5. The van der Waals surface area contributed by atoms with Gasteiger partial charge < -0.3 is 97.5 Å². The van der Waals surface area contributed by atoms with E-state index in [1.807, 2.05) is 0 Å². The summed E-state index contributed by atoms with van der Waals surface area (Å²) >= 11 is -2.38. The third-order valence-electron chi connectivity index (χ3n) is 20.8. The quantitative estimate of drug-likeness (QED) is 0.0791. The number of rotatable bonds is 11. The van der Waals surface area contributed by atoms with Gasteiger partial charge in [-0.05, 0) is 74.8 Å². The lowest BCUT2D eigenvalue weighted by Gasteiger charge is -2.63. The van der Waals surface area contributed by atoms with Crippen molar-refractivity contribution in [1.29, 1.82) is 0 Å². The number of hydrogen-bond acceptors (Lipinski definition) is 22. The number of carbonyl (C=O) groups excluding carboxylic acids is 13. The number of benzene rings is 1. The zero-order chi connectivity index (χ0) is 76.0. The highest BCUT2D eigenvalue weighted by Crippen LogP contribution is 2.71. The maximum absolute atomic E-state index is 17.3. The molecule has 32 nitrogen and oxygen atoms in total. The van der Waals surface area contributed by atoms with Crippen LogP contribution in [0.25, 0.3) is 10.9 Å². The Morgan fingerprint density at radius 1 is 0.833 bits per heavy atom. The molecule has 20 atom stereocenters. The van der Waals surface area contributed by atoms with Gasteiger partial charge in [0.15, 0.2) is 29.7 Å². The van der Waals surface area contributed by atoms with Crippen LogP contribution in [0, 0.1) is 40.4 Å². The SMILES string of the molecule is CC(=O)OCC(=O)[C@@]1(OC(C)=O)[C@@H](C)C[C@H]2[C@@H]3C[C@H](F)C4=CC(=O)C=C[C@]4(C)[C@@]3(F)[C@@H](O)C[C@@]21C.CCC(C)[C@@H]1NC(=O)CNC(=O)[C@@H]2Cc3c([nH]c4cc(O)ccc34)[S@+]([O-])C[C@H](NC(=O)CNC1=O)C(=O)N[C@@H](CC(N)=O)C(=O)N1CC(O)C[C@H]1C(=O)N[C@@H](C(C)[C@@H](O)CO)C(=O)N2.CCO. The molecule has 3 aliphatic heterocycles. The molecular weight excluding hydrogens is 1370 g/mol. The van der Waals surface area contributed by atoms with Gasteiger partial charge in [0.25, 0.3) is 0 Å². The average Bonchev–Trinajstić information content (AvgIpc) is 1.35. The minimum absolute atomic E-state index is 0.00892. The Balaban J connectivity index is 0.000000321. The molecule has 1 aromatic heterocycles. The summed E-state index contributed by atoms with van der Waals surface area (Å²) in [6.07, 6.45) is -4.31. The third kappa shape index (κ3) is 16.4. The number of carbonyl (C=O) groups is 13. The number of ether oxygens (including phenoxy) is 2. The van der Waals surface area contributed by atoms with Crippen LogP contribution >= 0.6 is 0 Å². The Hall–Kier alpha value is -8.48. The first kappa shape index (κ1) is 80.8. The summed E-state index contributed by atoms with van der Waals surface area (Å²) in [5, 5.41) is 77.7. The lowest BCUT2D eigenvalue weighted by Crippen LogP contribution is -2.71. The zero-order valence-electron chi connectivity index (χ0n) is 57.9. The molecule has 2 aromatic rings. The third-order valence-corrected chi connectivity index (χ3v) is 22.3. The molecule has 3 unspecified atom stereocenters. The number of hydrogen-bond donors (Lipinski definition) is 15. The van der Waals surface area contributed by atoms with E-state index in [2.05, 4.69) is 42.2 Å². The number of primary amides is 1. The Morgan fingerprint density at radius 3 is 2.10 bits per heavy atom. The Kier molecular flexibility index (Phi) is 26.1. The van der Waals surface area contributed by atoms with Crippen molar-refractivity contribution in [1.82, 2.24) is 47.1 Å². The predicted octanol–water partition coefficient (Wildman–Crippen LogP) is -2.94. The number of H-pyrrole nitrogens is 1. The molecule has 1 aromatic carbocycles. The number of phenolic OH excluding ortho intramolecular Hbond substituents is 1. The van der Waals surface area contributed by atoms with E-state index in [4.69, 9.17) is 20.3 Å². The summed E-state index contributed by atoms with van der Waals surface area (Å²) in [7, 11) is 0. The fourth-order valence-corrected chi connectivity index (χ4v) is 17.0. The normalized spacial score (nSPS) is 33.9. The number of aromatic amines is 1. The van der Waals surface area contributed by atoms with Gasteiger partial charge in [-0.15, -0.1) is 0 Å². The van der Waals surface area contributed by atoms with Gasteiger partial charge in [0, 0.05) is 96.6 Å². The highest BCUT2D eigenvalue weighted by atomic mass is 32.2. The van der Waals surface area contributed by atoms with Crippen LogP contribution in [-0.2, 0) is 89.4 Å². The first-order chi connectivity index (χ1) is 47.8. The minimum atomic E-state index is -2.38. The van der Waals surface area contributed by atoms with Crippen LogP contribution in [0.5, 0.6) is 5.75 Å². The standard InChI is InChI=1S/C39H54N10O14S.C26H32F2O7.C2H6O/c1-4-16(2)31-36(60)42-11-29(55)43-25-15-64(63)38-21(20-6-5-18(51)7-22(20)46-38)9-23(33(57)41-12-30(56)47-31)44-37(61)32(17(3)27(53)14-50)48-35(59)26-8-19(52)13-49(26)39(62)24(10-28(40)54)45-34(25)58;1-13-8-17-18-10-20(27)19-9-16(31)6-7-23(19,4)25(18,28)21(32)11-24(17,5)26(13,35-15(3)30)22(33)12-34-14(2)29;1-2-3/h5-7,16-17,19,23-27,31-32,46,50-53H,4,8-15H2,1-3H3,(H2,40,54)(H,41,57)(H,42,60)(H,43,55)(H,44,61)(H,45,58)(H,47,56)(H,48,59);6-7,9,13,17-18,20-21,32H,8,10-12H2,1-5H3;3H,2H2,1H3/t16?,17?,19?,23-,24-,25-,26-,27-,31-,32-,64+;13-,17-,18-,20-,21-,23-,24-,25-,26-;/m00./s1. The largest absolute Gasteiger partial charge is 0.610 e. The molecule has 0 radical (unpaired) electrons. The molecule has 2 bridgehead atoms. The molecule has 4 aliphatic carbocycles. The summed E-state index contributed by atoms with van der Waals surface area (Å²) in [6, 6.07) is -5.99. The van der Waals surface area contributed by atoms with Crippen molar-refractivity contribution in [3.8, 4) is 5.75 Å². The van der Waals surface area contributed by atoms with Crippen LogP contribution < -0.4 is 43.0 Å². The topological polar surface area (TPSA) is 514 Å². The number of phenols is 1. The number of nitrogens with zero attached hydrogens (tertiary/aromatic N) is 1. The highest BCUT2D eigenvalue weighted by Gasteiger charge is 2.78. The Labute approximate surface area is 588 Å². The number of halogens is 2. The monoisotopic (exact) mass is 1460 g/mol. The van der Waals surface area contributed by atoms with Crippen molar-refractivity contribution in [2.75, 3.05) is 45.2 Å². The lowest BCUT2D eigenvalue weighted by atomic mass is 9.44. The smallest absolute Gasteiger partial charge is 0.303 e. The molecule has 4 heterocycles. The van der Waals surface area contributed by atoms with Crippen LogP contribution in [0.2, 0.25) is 0 Å². The summed E-state index contributed by atoms with van der Waals surface area (Å²) in [5.41, 5.74) is -1.17. The van der Waals surface area contributed by atoms with E-state index in [1.165, 1.54) is 44.2 Å². The van der Waals surface area contributed by atoms with Crippen molar-refractivity contribution >= 4 is 98.7 Å². The number of aromatic nitrogens is 1. The van der Waals surface area contributed by atoms with Crippen molar-refractivity contribution in [3.63, 3.8) is 0 Å². The van der Waals surface area contributed by atoms with E-state index in [0.29, 0.717) is 6.42 Å². The number of nitrogens with two attached hydrogens (primary N) is 1. The molecule has 3 saturated carbocycles. The number of nitrogens with one attached hydrogen (secondary N) is 8. The molecule has 562 valence electrons. The first-order valence-electron chi connectivity index (χ1n) is 33.5. The van der Waals surface area contributed by atoms with Gasteiger partial charge in [-0.1, -0.05) is 47.1 Å². The number of Topliss-reactive ketones (excluding diaryl/α,β-unsaturated/α-hetero) is 1. The molecule has 9 rings (SSSR count). The van der Waals surface area contributed by atoms with Crippen LogP contribution in [0.3, 0.4) is 0 Å². The van der Waals surface area contributed by atoms with Crippen LogP contribution in [0.15, 0.2) is 47.0 Å². The summed E-state index contributed by atoms with van der Waals surface area (Å²) in [5.74, 6) is -16.8. The van der Waals surface area contributed by atoms with E-state index < -0.39 is 258 Å². The number of esters is 2. The summed E-state index contributed by atoms with van der Waals surface area (Å²) in [4.78, 5) is 177. The molecule has 102 heavy (non-hydrogen) atoms. The first-order valence-corrected chi connectivity index (χ1v) is 34.9. The molecule has 9 amide bonds. The zero-order valence-corrected chi connectivity index (χ0v) is 58.7. The van der Waals surface area contributed by atoms with Crippen molar-refractivity contribution in [3.05, 3.63) is 47.6 Å². The molecule has 7 aliphatic rings. The van der Waals surface area contributed by atoms with E-state index in [9.17, 15) is 92.4 Å². The molecule has 35 heteroatoms. The van der Waals surface area contributed by atoms with Gasteiger partial charge in [0.1, 0.15) is 47.9 Å². The number of alkyl halides is 2. The fraction of sp³-hybridized carbons (Fsp3) is 0.627. The molecule has 0 spiro atoms. The number of aliphatic hydroxyl groups is 5. The predicted molar refractivity (Wildman–Crippen MR) is 354 cm³/mol. The van der Waals surface area contributed by atoms with Crippen LogP contribution in [-0.4, -0.2) is 239 Å². The molecule has 16 N–H and O–H groups in total. The average molecular weight is 1460 g/mol.